The van der Waals surface area contributed by atoms with Crippen LogP contribution in [0.3, 0.4) is 0 Å². The fraction of sp³-hybridized carbons (Fsp3) is 0.948. The van der Waals surface area contributed by atoms with Crippen molar-refractivity contribution < 1.29 is 15.0 Å². The molecule has 0 saturated carbocycles. The van der Waals surface area contributed by atoms with Gasteiger partial charge in [0.1, 0.15) is 0 Å². The fourth-order valence-electron chi connectivity index (χ4n) is 9.36. The Kier molecular flexibility index (Phi) is 53.7. The minimum Gasteiger partial charge on any atom is -0.394 e. The molecule has 4 nitrogen and oxygen atoms in total. The highest BCUT2D eigenvalue weighted by molar-refractivity contribution is 5.76. The Balaban J connectivity index is 3.39. The van der Waals surface area contributed by atoms with Crippen molar-refractivity contribution in [1.29, 1.82) is 0 Å². The van der Waals surface area contributed by atoms with Crippen LogP contribution in [0.4, 0.5) is 0 Å². The number of unbranched alkanes of at least 4 members (excludes halogenated alkanes) is 45. The molecule has 0 spiro atoms. The molecule has 62 heavy (non-hydrogen) atoms. The maximum Gasteiger partial charge on any atom is 0.220 e. The first-order chi connectivity index (χ1) is 30.7. The normalized spacial score (nSPS) is 12.8. The molecule has 0 aliphatic heterocycles. The summed E-state index contributed by atoms with van der Waals surface area (Å²) in [5.74, 6) is -0.0242. The number of hydrogen-bond donors (Lipinski definition) is 3. The minimum absolute atomic E-state index is 0.0242. The van der Waals surface area contributed by atoms with Crippen molar-refractivity contribution >= 4 is 5.91 Å². The smallest absolute Gasteiger partial charge is 0.220 e. The quantitative estimate of drug-likeness (QED) is 0.0421. The van der Waals surface area contributed by atoms with E-state index in [0.717, 1.165) is 25.7 Å². The van der Waals surface area contributed by atoms with Gasteiger partial charge in [0.2, 0.25) is 5.91 Å². The molecule has 0 aromatic heterocycles. The van der Waals surface area contributed by atoms with Crippen LogP contribution in [0.2, 0.25) is 0 Å². The van der Waals surface area contributed by atoms with Gasteiger partial charge in [-0.15, -0.1) is 0 Å². The first-order valence-electron chi connectivity index (χ1n) is 28.9. The Bertz CT molecular complexity index is 860. The Morgan fingerprint density at radius 2 is 0.613 bits per heavy atom. The molecular formula is C58H115NO3. The lowest BCUT2D eigenvalue weighted by molar-refractivity contribution is -0.123. The van der Waals surface area contributed by atoms with Crippen molar-refractivity contribution in [1.82, 2.24) is 5.32 Å². The minimum atomic E-state index is -0.656. The highest BCUT2D eigenvalue weighted by Crippen LogP contribution is 2.18. The second kappa shape index (κ2) is 54.5. The number of carbonyl (C=O) groups excluding carboxylic acids is 1. The standard InChI is InChI=1S/C58H115NO3/c1-3-5-7-9-11-13-15-17-19-21-22-23-24-25-26-27-28-29-30-31-32-33-34-35-36-38-40-42-44-46-48-50-52-54-58(62)59-56(55-60)57(61)53-51-49-47-45-43-41-39-37-20-18-16-14-12-10-8-6-4-2/h25-26,56-57,60-61H,3-24,27-55H2,1-2H3,(H,59,62)/b26-25-. The van der Waals surface area contributed by atoms with Gasteiger partial charge in [-0.25, -0.2) is 0 Å². The van der Waals surface area contributed by atoms with E-state index in [1.54, 1.807) is 0 Å². The van der Waals surface area contributed by atoms with Gasteiger partial charge in [0.15, 0.2) is 0 Å². The second-order valence-electron chi connectivity index (χ2n) is 20.1. The lowest BCUT2D eigenvalue weighted by Gasteiger charge is -2.22. The molecule has 1 amide bonds. The molecule has 370 valence electrons. The average Bonchev–Trinajstić information content (AvgIpc) is 3.28. The molecule has 2 unspecified atom stereocenters. The molecule has 0 fully saturated rings. The van der Waals surface area contributed by atoms with Crippen LogP contribution >= 0.6 is 0 Å². The van der Waals surface area contributed by atoms with Gasteiger partial charge in [-0.2, -0.15) is 0 Å². The molecule has 0 radical (unpaired) electrons. The van der Waals surface area contributed by atoms with E-state index < -0.39 is 12.1 Å². The Morgan fingerprint density at radius 1 is 0.371 bits per heavy atom. The van der Waals surface area contributed by atoms with E-state index in [2.05, 4.69) is 31.3 Å². The third-order valence-electron chi connectivity index (χ3n) is 13.8. The first-order valence-corrected chi connectivity index (χ1v) is 28.9. The lowest BCUT2D eigenvalue weighted by atomic mass is 10.0. The van der Waals surface area contributed by atoms with Gasteiger partial charge >= 0.3 is 0 Å². The van der Waals surface area contributed by atoms with Gasteiger partial charge in [-0.3, -0.25) is 4.79 Å². The van der Waals surface area contributed by atoms with Gasteiger partial charge < -0.3 is 15.5 Å². The van der Waals surface area contributed by atoms with E-state index in [9.17, 15) is 15.0 Å². The second-order valence-corrected chi connectivity index (χ2v) is 20.1. The van der Waals surface area contributed by atoms with Crippen LogP contribution in [-0.4, -0.2) is 34.9 Å². The molecule has 0 aliphatic rings. The van der Waals surface area contributed by atoms with Crippen molar-refractivity contribution in [3.8, 4) is 0 Å². The van der Waals surface area contributed by atoms with E-state index >= 15 is 0 Å². The van der Waals surface area contributed by atoms with Crippen LogP contribution < -0.4 is 5.32 Å². The Hall–Kier alpha value is -0.870. The van der Waals surface area contributed by atoms with Crippen LogP contribution in [0.5, 0.6) is 0 Å². The number of nitrogens with one attached hydrogen (secondary N) is 1. The molecule has 3 N–H and O–H groups in total. The van der Waals surface area contributed by atoms with Gasteiger partial charge in [0.05, 0.1) is 18.8 Å². The molecule has 0 aliphatic carbocycles. The summed E-state index contributed by atoms with van der Waals surface area (Å²) in [6.07, 6.45) is 70.7. The summed E-state index contributed by atoms with van der Waals surface area (Å²) in [7, 11) is 0. The lowest BCUT2D eigenvalue weighted by Crippen LogP contribution is -2.45. The summed E-state index contributed by atoms with van der Waals surface area (Å²) < 4.78 is 0. The predicted octanol–water partition coefficient (Wildman–Crippen LogP) is 18.9. The maximum atomic E-state index is 12.5. The summed E-state index contributed by atoms with van der Waals surface area (Å²) >= 11 is 0. The van der Waals surface area contributed by atoms with Crippen molar-refractivity contribution in [2.75, 3.05) is 6.61 Å². The Labute approximate surface area is 390 Å². The third kappa shape index (κ3) is 50.1. The van der Waals surface area contributed by atoms with Gasteiger partial charge in [-0.05, 0) is 38.5 Å². The van der Waals surface area contributed by atoms with Gasteiger partial charge in [-0.1, -0.05) is 302 Å². The van der Waals surface area contributed by atoms with Crippen LogP contribution in [0.1, 0.15) is 335 Å². The molecule has 0 saturated heterocycles. The zero-order valence-corrected chi connectivity index (χ0v) is 42.7. The van der Waals surface area contributed by atoms with Crippen LogP contribution in [0.15, 0.2) is 12.2 Å². The summed E-state index contributed by atoms with van der Waals surface area (Å²) in [6.45, 7) is 4.40. The molecule has 0 rings (SSSR count). The van der Waals surface area contributed by atoms with Crippen LogP contribution in [-0.2, 0) is 4.79 Å². The molecule has 0 heterocycles. The topological polar surface area (TPSA) is 69.6 Å². The number of carbonyl (C=O) groups is 1. The zero-order chi connectivity index (χ0) is 44.9. The number of aliphatic hydroxyl groups is 2. The summed E-state index contributed by atoms with van der Waals surface area (Å²) in [5.41, 5.74) is 0. The van der Waals surface area contributed by atoms with E-state index in [4.69, 9.17) is 0 Å². The SMILES string of the molecule is CCCCCCCCCCCCCC/C=C\CCCCCCCCCCCCCCCCCCCC(=O)NC(CO)C(O)CCCCCCCCCCCCCCCCCCC. The predicted molar refractivity (Wildman–Crippen MR) is 276 cm³/mol. The first kappa shape index (κ1) is 61.1. The van der Waals surface area contributed by atoms with Gasteiger partial charge in [0, 0.05) is 6.42 Å². The molecule has 0 bridgehead atoms. The van der Waals surface area contributed by atoms with Gasteiger partial charge in [0.25, 0.3) is 0 Å². The highest BCUT2D eigenvalue weighted by atomic mass is 16.3. The van der Waals surface area contributed by atoms with Crippen molar-refractivity contribution in [3.05, 3.63) is 12.2 Å². The number of hydrogen-bond acceptors (Lipinski definition) is 3. The monoisotopic (exact) mass is 874 g/mol. The zero-order valence-electron chi connectivity index (χ0n) is 42.7. The van der Waals surface area contributed by atoms with Crippen LogP contribution in [0, 0.1) is 0 Å². The number of rotatable bonds is 54. The van der Waals surface area contributed by atoms with Crippen molar-refractivity contribution in [2.45, 2.75) is 347 Å². The average molecular weight is 875 g/mol. The molecule has 0 aromatic rings. The van der Waals surface area contributed by atoms with E-state index in [1.807, 2.05) is 0 Å². The number of amides is 1. The van der Waals surface area contributed by atoms with E-state index in [1.165, 1.54) is 283 Å². The third-order valence-corrected chi connectivity index (χ3v) is 13.8. The molecule has 4 heteroatoms. The van der Waals surface area contributed by atoms with Crippen molar-refractivity contribution in [2.24, 2.45) is 0 Å². The highest BCUT2D eigenvalue weighted by Gasteiger charge is 2.20. The number of allylic oxidation sites excluding steroid dienone is 2. The van der Waals surface area contributed by atoms with Crippen molar-refractivity contribution in [3.63, 3.8) is 0 Å². The van der Waals surface area contributed by atoms with Crippen LogP contribution in [0.25, 0.3) is 0 Å². The molecule has 2 atom stereocenters. The maximum absolute atomic E-state index is 12.5. The molecular weight excluding hydrogens is 759 g/mol. The summed E-state index contributed by atoms with van der Waals surface area (Å²) in [6, 6.07) is -0.533. The summed E-state index contributed by atoms with van der Waals surface area (Å²) in [4.78, 5) is 12.5. The largest absolute Gasteiger partial charge is 0.394 e. The van der Waals surface area contributed by atoms with E-state index in [0.29, 0.717) is 12.8 Å². The molecule has 0 aromatic carbocycles. The fourth-order valence-corrected chi connectivity index (χ4v) is 9.36. The number of aliphatic hydroxyl groups excluding tert-OH is 2. The summed E-state index contributed by atoms with van der Waals surface area (Å²) in [5, 5.41) is 23.3. The Morgan fingerprint density at radius 3 is 0.887 bits per heavy atom. The van der Waals surface area contributed by atoms with E-state index in [-0.39, 0.29) is 12.5 Å².